The van der Waals surface area contributed by atoms with Crippen LogP contribution in [0, 0.1) is 11.3 Å². The molecule has 0 spiro atoms. The Morgan fingerprint density at radius 1 is 0.931 bits per heavy atom. The highest BCUT2D eigenvalue weighted by Gasteiger charge is 2.15. The van der Waals surface area contributed by atoms with Gasteiger partial charge in [0.05, 0.1) is 21.3 Å². The molecule has 2 amide bonds. The van der Waals surface area contributed by atoms with E-state index in [1.165, 1.54) is 34.3 Å². The monoisotopic (exact) mass is 395 g/mol. The number of carbonyl (C=O) groups excluding carboxylic acids is 2. The largest absolute Gasteiger partial charge is 0.493 e. The Morgan fingerprint density at radius 2 is 1.45 bits per heavy atom. The second kappa shape index (κ2) is 9.80. The summed E-state index contributed by atoms with van der Waals surface area (Å²) in [5.41, 5.74) is 1.51. The zero-order valence-corrected chi connectivity index (χ0v) is 16.5. The Bertz CT molecular complexity index is 950. The van der Waals surface area contributed by atoms with Gasteiger partial charge >= 0.3 is 0 Å². The second-order valence-corrected chi connectivity index (χ2v) is 5.84. The maximum atomic E-state index is 12.5. The number of carbonyl (C=O) groups is 2. The van der Waals surface area contributed by atoms with Crippen LogP contribution in [-0.2, 0) is 9.59 Å². The van der Waals surface area contributed by atoms with E-state index in [1.54, 1.807) is 36.4 Å². The third-order valence-corrected chi connectivity index (χ3v) is 3.83. The third-order valence-electron chi connectivity index (χ3n) is 3.83. The van der Waals surface area contributed by atoms with Gasteiger partial charge in [-0.2, -0.15) is 5.26 Å². The van der Waals surface area contributed by atoms with Crippen LogP contribution in [0.25, 0.3) is 6.08 Å². The average molecular weight is 395 g/mol. The molecule has 2 aromatic carbocycles. The van der Waals surface area contributed by atoms with Gasteiger partial charge in [-0.3, -0.25) is 9.59 Å². The Balaban J connectivity index is 2.26. The fraction of sp³-hybridized carbons (Fsp3) is 0.190. The zero-order valence-electron chi connectivity index (χ0n) is 16.5. The van der Waals surface area contributed by atoms with Crippen molar-refractivity contribution in [3.63, 3.8) is 0 Å². The quantitative estimate of drug-likeness (QED) is 0.550. The van der Waals surface area contributed by atoms with Crippen LogP contribution in [-0.4, -0.2) is 33.1 Å². The third kappa shape index (κ3) is 5.49. The Hall–Kier alpha value is -3.99. The maximum Gasteiger partial charge on any atom is 0.266 e. The summed E-state index contributed by atoms with van der Waals surface area (Å²) in [4.78, 5) is 23.5. The van der Waals surface area contributed by atoms with Crippen molar-refractivity contribution < 1.29 is 23.8 Å². The summed E-state index contributed by atoms with van der Waals surface area (Å²) >= 11 is 0. The van der Waals surface area contributed by atoms with E-state index in [9.17, 15) is 14.9 Å². The second-order valence-electron chi connectivity index (χ2n) is 5.84. The highest BCUT2D eigenvalue weighted by Crippen LogP contribution is 2.38. The number of methoxy groups -OCH3 is 3. The number of nitrogens with zero attached hydrogens (tertiary/aromatic N) is 1. The molecule has 0 fully saturated rings. The lowest BCUT2D eigenvalue weighted by atomic mass is 10.1. The molecule has 29 heavy (non-hydrogen) atoms. The predicted molar refractivity (Wildman–Crippen MR) is 109 cm³/mol. The van der Waals surface area contributed by atoms with Crippen molar-refractivity contribution >= 4 is 29.3 Å². The summed E-state index contributed by atoms with van der Waals surface area (Å²) in [6.07, 6.45) is 1.42. The van der Waals surface area contributed by atoms with E-state index in [0.29, 0.717) is 34.2 Å². The van der Waals surface area contributed by atoms with Crippen LogP contribution < -0.4 is 24.8 Å². The van der Waals surface area contributed by atoms with Gasteiger partial charge in [-0.05, 0) is 48.0 Å². The van der Waals surface area contributed by atoms with Gasteiger partial charge in [-0.15, -0.1) is 0 Å². The van der Waals surface area contributed by atoms with Gasteiger partial charge in [0.15, 0.2) is 11.5 Å². The number of anilines is 2. The molecule has 8 heteroatoms. The first-order valence-corrected chi connectivity index (χ1v) is 8.52. The SMILES string of the molecule is COc1cc(/C=C(\C#N)C(=O)Nc2ccc(NC(C)=O)cc2)cc(OC)c1OC. The van der Waals surface area contributed by atoms with Gasteiger partial charge in [-0.1, -0.05) is 0 Å². The molecule has 0 saturated heterocycles. The van der Waals surface area contributed by atoms with Crippen LogP contribution >= 0.6 is 0 Å². The summed E-state index contributed by atoms with van der Waals surface area (Å²) in [6.45, 7) is 1.41. The number of hydrogen-bond donors (Lipinski definition) is 2. The highest BCUT2D eigenvalue weighted by atomic mass is 16.5. The molecule has 2 aromatic rings. The van der Waals surface area contributed by atoms with Crippen molar-refractivity contribution in [2.24, 2.45) is 0 Å². The lowest BCUT2D eigenvalue weighted by Gasteiger charge is -2.13. The first-order valence-electron chi connectivity index (χ1n) is 8.52. The van der Waals surface area contributed by atoms with Crippen molar-refractivity contribution in [3.8, 4) is 23.3 Å². The van der Waals surface area contributed by atoms with Crippen LogP contribution in [0.15, 0.2) is 42.0 Å². The van der Waals surface area contributed by atoms with Crippen molar-refractivity contribution in [2.75, 3.05) is 32.0 Å². The maximum absolute atomic E-state index is 12.5. The number of rotatable bonds is 7. The first-order chi connectivity index (χ1) is 13.9. The molecule has 2 N–H and O–H groups in total. The van der Waals surface area contributed by atoms with Gasteiger partial charge in [0.1, 0.15) is 11.6 Å². The van der Waals surface area contributed by atoms with Crippen LogP contribution in [0.4, 0.5) is 11.4 Å². The lowest BCUT2D eigenvalue weighted by molar-refractivity contribution is -0.114. The number of ether oxygens (including phenoxy) is 3. The standard InChI is InChI=1S/C21H21N3O5/c1-13(25)23-16-5-7-17(8-6-16)24-21(26)15(12-22)9-14-10-18(27-2)20(29-4)19(11-14)28-3/h5-11H,1-4H3,(H,23,25)(H,24,26)/b15-9+. The molecule has 0 heterocycles. The Kier molecular flexibility index (Phi) is 7.20. The fourth-order valence-corrected chi connectivity index (χ4v) is 2.54. The van der Waals surface area contributed by atoms with Crippen molar-refractivity contribution in [2.45, 2.75) is 6.92 Å². The normalized spacial score (nSPS) is 10.5. The molecule has 0 atom stereocenters. The Morgan fingerprint density at radius 3 is 1.86 bits per heavy atom. The van der Waals surface area contributed by atoms with Gasteiger partial charge in [-0.25, -0.2) is 0 Å². The lowest BCUT2D eigenvalue weighted by Crippen LogP contribution is -2.13. The van der Waals surface area contributed by atoms with Crippen molar-refractivity contribution in [1.29, 1.82) is 5.26 Å². The van der Waals surface area contributed by atoms with Crippen LogP contribution in [0.2, 0.25) is 0 Å². The van der Waals surface area contributed by atoms with Crippen molar-refractivity contribution in [3.05, 3.63) is 47.5 Å². The zero-order chi connectivity index (χ0) is 21.4. The summed E-state index contributed by atoms with van der Waals surface area (Å²) in [7, 11) is 4.45. The Labute approximate surface area is 168 Å². The first kappa shape index (κ1) is 21.3. The highest BCUT2D eigenvalue weighted by molar-refractivity contribution is 6.09. The van der Waals surface area contributed by atoms with E-state index in [2.05, 4.69) is 10.6 Å². The van der Waals surface area contributed by atoms with Gasteiger partial charge < -0.3 is 24.8 Å². The molecular formula is C21H21N3O5. The van der Waals surface area contributed by atoms with Crippen molar-refractivity contribution in [1.82, 2.24) is 0 Å². The summed E-state index contributed by atoms with van der Waals surface area (Å²) in [6, 6.07) is 11.7. The minimum atomic E-state index is -0.575. The predicted octanol–water partition coefficient (Wildman–Crippen LogP) is 3.22. The number of hydrogen-bond acceptors (Lipinski definition) is 6. The van der Waals surface area contributed by atoms with Gasteiger partial charge in [0, 0.05) is 18.3 Å². The fourth-order valence-electron chi connectivity index (χ4n) is 2.54. The molecule has 150 valence electrons. The van der Waals surface area contributed by atoms with E-state index >= 15 is 0 Å². The molecule has 0 aromatic heterocycles. The van der Waals surface area contributed by atoms with E-state index in [4.69, 9.17) is 14.2 Å². The van der Waals surface area contributed by atoms with Gasteiger partial charge in [0.2, 0.25) is 11.7 Å². The van der Waals surface area contributed by atoms with Gasteiger partial charge in [0.25, 0.3) is 5.91 Å². The van der Waals surface area contributed by atoms with E-state index in [0.717, 1.165) is 0 Å². The molecule has 0 aliphatic heterocycles. The molecule has 0 radical (unpaired) electrons. The van der Waals surface area contributed by atoms with Crippen LogP contribution in [0.3, 0.4) is 0 Å². The summed E-state index contributed by atoms with van der Waals surface area (Å²) < 4.78 is 15.8. The minimum absolute atomic E-state index is 0.106. The molecule has 0 aliphatic rings. The molecular weight excluding hydrogens is 374 g/mol. The van der Waals surface area contributed by atoms with Crippen LogP contribution in [0.1, 0.15) is 12.5 Å². The number of nitrogens with one attached hydrogen (secondary N) is 2. The van der Waals surface area contributed by atoms with E-state index < -0.39 is 5.91 Å². The number of benzene rings is 2. The molecule has 0 bridgehead atoms. The van der Waals surface area contributed by atoms with Crippen LogP contribution in [0.5, 0.6) is 17.2 Å². The minimum Gasteiger partial charge on any atom is -0.493 e. The number of nitriles is 1. The average Bonchev–Trinajstić information content (AvgIpc) is 2.71. The topological polar surface area (TPSA) is 110 Å². The van der Waals surface area contributed by atoms with E-state index in [-0.39, 0.29) is 11.5 Å². The molecule has 0 unspecified atom stereocenters. The molecule has 0 saturated carbocycles. The summed E-state index contributed by atoms with van der Waals surface area (Å²) in [5, 5.41) is 14.7. The smallest absolute Gasteiger partial charge is 0.266 e. The van der Waals surface area contributed by atoms with E-state index in [1.807, 2.05) is 6.07 Å². The molecule has 0 aliphatic carbocycles. The molecule has 2 rings (SSSR count). The summed E-state index contributed by atoms with van der Waals surface area (Å²) in [5.74, 6) is 0.457. The molecule has 8 nitrogen and oxygen atoms in total. The number of amides is 2.